The number of nitrogens with zero attached hydrogens (tertiary/aromatic N) is 1. The van der Waals surface area contributed by atoms with E-state index in [0.29, 0.717) is 0 Å². The van der Waals surface area contributed by atoms with Gasteiger partial charge in [-0.05, 0) is 0 Å². The number of carbonyl (C=O) groups is 3. The van der Waals surface area contributed by atoms with Crippen LogP contribution in [-0.2, 0) is 19.1 Å². The maximum Gasteiger partial charge on any atom is 0.325 e. The molecule has 7 nitrogen and oxygen atoms in total. The third-order valence-corrected chi connectivity index (χ3v) is 1.71. The molecule has 0 aliphatic rings. The number of likely N-dealkylation sites (N-methyl/N-ethyl adjacent to an activating group) is 1. The number of methoxy groups -OCH3 is 1. The number of hydrogen-bond donors (Lipinski definition) is 2. The average molecular weight is 217 g/mol. The molecular weight excluding hydrogens is 202 g/mol. The minimum absolute atomic E-state index is 0.207. The van der Waals surface area contributed by atoms with Gasteiger partial charge in [0.25, 0.3) is 0 Å². The van der Waals surface area contributed by atoms with Gasteiger partial charge in [0.2, 0.25) is 11.8 Å². The number of primary amides is 1. The second kappa shape index (κ2) is 5.97. The normalized spacial score (nSPS) is 11.7. The molecule has 0 bridgehead atoms. The molecule has 0 saturated heterocycles. The van der Waals surface area contributed by atoms with Crippen LogP contribution in [0, 0.1) is 0 Å². The van der Waals surface area contributed by atoms with Crippen LogP contribution in [0.2, 0.25) is 0 Å². The largest absolute Gasteiger partial charge is 0.468 e. The molecule has 0 radical (unpaired) electrons. The van der Waals surface area contributed by atoms with E-state index in [1.54, 1.807) is 0 Å². The second-order valence-electron chi connectivity index (χ2n) is 3.05. The first-order valence-electron chi connectivity index (χ1n) is 4.24. The van der Waals surface area contributed by atoms with Gasteiger partial charge in [0, 0.05) is 7.05 Å². The van der Waals surface area contributed by atoms with Crippen LogP contribution >= 0.6 is 0 Å². The quantitative estimate of drug-likeness (QED) is 0.508. The third-order valence-electron chi connectivity index (χ3n) is 1.71. The molecular formula is C8H15N3O4. The fourth-order valence-corrected chi connectivity index (χ4v) is 0.923. The number of esters is 1. The van der Waals surface area contributed by atoms with E-state index in [9.17, 15) is 14.4 Å². The van der Waals surface area contributed by atoms with Crippen molar-refractivity contribution in [2.45, 2.75) is 12.5 Å². The van der Waals surface area contributed by atoms with Gasteiger partial charge in [-0.3, -0.25) is 14.4 Å². The molecule has 1 atom stereocenters. The van der Waals surface area contributed by atoms with Crippen molar-refractivity contribution in [1.29, 1.82) is 0 Å². The van der Waals surface area contributed by atoms with Crippen LogP contribution in [0.25, 0.3) is 0 Å². The molecule has 1 unspecified atom stereocenters. The van der Waals surface area contributed by atoms with Gasteiger partial charge in [0.15, 0.2) is 0 Å². The molecule has 4 N–H and O–H groups in total. The highest BCUT2D eigenvalue weighted by atomic mass is 16.5. The van der Waals surface area contributed by atoms with Gasteiger partial charge >= 0.3 is 5.97 Å². The van der Waals surface area contributed by atoms with E-state index in [4.69, 9.17) is 11.5 Å². The van der Waals surface area contributed by atoms with Crippen molar-refractivity contribution >= 4 is 17.8 Å². The molecule has 7 heteroatoms. The summed E-state index contributed by atoms with van der Waals surface area (Å²) < 4.78 is 4.37. The van der Waals surface area contributed by atoms with Gasteiger partial charge < -0.3 is 21.1 Å². The molecule has 15 heavy (non-hydrogen) atoms. The number of hydrogen-bond acceptors (Lipinski definition) is 5. The highest BCUT2D eigenvalue weighted by molar-refractivity contribution is 5.89. The lowest BCUT2D eigenvalue weighted by atomic mass is 10.2. The zero-order valence-corrected chi connectivity index (χ0v) is 8.73. The Labute approximate surface area is 87.3 Å². The van der Waals surface area contributed by atoms with Crippen LogP contribution in [0.4, 0.5) is 0 Å². The second-order valence-corrected chi connectivity index (χ2v) is 3.05. The van der Waals surface area contributed by atoms with Crippen molar-refractivity contribution in [2.24, 2.45) is 11.5 Å². The Morgan fingerprint density at radius 3 is 2.33 bits per heavy atom. The van der Waals surface area contributed by atoms with E-state index in [0.717, 1.165) is 4.90 Å². The minimum Gasteiger partial charge on any atom is -0.468 e. The molecule has 0 aromatic carbocycles. The highest BCUT2D eigenvalue weighted by Crippen LogP contribution is 1.95. The monoisotopic (exact) mass is 217 g/mol. The Bertz CT molecular complexity index is 267. The van der Waals surface area contributed by atoms with Crippen LogP contribution in [0.1, 0.15) is 6.42 Å². The summed E-state index contributed by atoms with van der Waals surface area (Å²) in [4.78, 5) is 33.8. The van der Waals surface area contributed by atoms with Gasteiger partial charge in [-0.2, -0.15) is 0 Å². The van der Waals surface area contributed by atoms with Crippen molar-refractivity contribution in [3.63, 3.8) is 0 Å². The molecule has 0 aromatic heterocycles. The molecule has 0 aliphatic heterocycles. The first-order valence-corrected chi connectivity index (χ1v) is 4.24. The zero-order valence-electron chi connectivity index (χ0n) is 8.73. The van der Waals surface area contributed by atoms with Crippen LogP contribution in [-0.4, -0.2) is 49.4 Å². The summed E-state index contributed by atoms with van der Waals surface area (Å²) >= 11 is 0. The van der Waals surface area contributed by atoms with Gasteiger partial charge in [-0.25, -0.2) is 0 Å². The topological polar surface area (TPSA) is 116 Å². The van der Waals surface area contributed by atoms with Crippen molar-refractivity contribution < 1.29 is 19.1 Å². The fourth-order valence-electron chi connectivity index (χ4n) is 0.923. The lowest BCUT2D eigenvalue weighted by Crippen LogP contribution is -2.45. The number of carbonyl (C=O) groups excluding carboxylic acids is 3. The third kappa shape index (κ3) is 4.96. The molecule has 86 valence electrons. The summed E-state index contributed by atoms with van der Waals surface area (Å²) in [5.74, 6) is -1.75. The Morgan fingerprint density at radius 1 is 1.40 bits per heavy atom. The standard InChI is InChI=1S/C8H15N3O4/c1-11(4-7(13)15-2)8(14)5(9)3-6(10)12/h5H,3-4,9H2,1-2H3,(H2,10,12). The van der Waals surface area contributed by atoms with Gasteiger partial charge in [-0.1, -0.05) is 0 Å². The molecule has 0 fully saturated rings. The number of rotatable bonds is 5. The molecule has 0 aliphatic carbocycles. The Balaban J connectivity index is 4.19. The molecule has 0 rings (SSSR count). The average Bonchev–Trinajstić information content (AvgIpc) is 2.15. The molecule has 0 heterocycles. The Hall–Kier alpha value is -1.63. The molecule has 0 saturated carbocycles. The van der Waals surface area contributed by atoms with Crippen LogP contribution in [0.5, 0.6) is 0 Å². The Kier molecular flexibility index (Phi) is 5.32. The van der Waals surface area contributed by atoms with Crippen LogP contribution in [0.15, 0.2) is 0 Å². The smallest absolute Gasteiger partial charge is 0.325 e. The maximum atomic E-state index is 11.4. The van der Waals surface area contributed by atoms with Crippen LogP contribution < -0.4 is 11.5 Å². The summed E-state index contributed by atoms with van der Waals surface area (Å²) in [6, 6.07) is -1.02. The summed E-state index contributed by atoms with van der Waals surface area (Å²) in [5, 5.41) is 0. The van der Waals surface area contributed by atoms with Gasteiger partial charge in [-0.15, -0.1) is 0 Å². The SMILES string of the molecule is COC(=O)CN(C)C(=O)C(N)CC(N)=O. The maximum absolute atomic E-state index is 11.4. The predicted molar refractivity (Wildman–Crippen MR) is 51.4 cm³/mol. The summed E-state index contributed by atoms with van der Waals surface area (Å²) in [6.45, 7) is -0.207. The minimum atomic E-state index is -1.02. The molecule has 0 spiro atoms. The predicted octanol–water partition coefficient (Wildman–Crippen LogP) is -2.18. The van der Waals surface area contributed by atoms with Crippen LogP contribution in [0.3, 0.4) is 0 Å². The highest BCUT2D eigenvalue weighted by Gasteiger charge is 2.21. The lowest BCUT2D eigenvalue weighted by molar-refractivity contribution is -0.146. The van der Waals surface area contributed by atoms with E-state index in [1.165, 1.54) is 14.2 Å². The van der Waals surface area contributed by atoms with Gasteiger partial charge in [0.05, 0.1) is 19.6 Å². The van der Waals surface area contributed by atoms with E-state index < -0.39 is 23.8 Å². The number of amides is 2. The summed E-state index contributed by atoms with van der Waals surface area (Å²) in [7, 11) is 2.60. The van der Waals surface area contributed by atoms with Crippen molar-refractivity contribution in [1.82, 2.24) is 4.90 Å². The van der Waals surface area contributed by atoms with Crippen molar-refractivity contribution in [3.8, 4) is 0 Å². The summed E-state index contributed by atoms with van der Waals surface area (Å²) in [6.07, 6.45) is -0.246. The first kappa shape index (κ1) is 13.4. The number of nitrogens with two attached hydrogens (primary N) is 2. The fraction of sp³-hybridized carbons (Fsp3) is 0.625. The van der Waals surface area contributed by atoms with E-state index in [-0.39, 0.29) is 13.0 Å². The van der Waals surface area contributed by atoms with Gasteiger partial charge in [0.1, 0.15) is 6.54 Å². The van der Waals surface area contributed by atoms with Crippen molar-refractivity contribution in [3.05, 3.63) is 0 Å². The summed E-state index contributed by atoms with van der Waals surface area (Å²) in [5.41, 5.74) is 10.3. The first-order chi connectivity index (χ1) is 6.88. The van der Waals surface area contributed by atoms with Crippen molar-refractivity contribution in [2.75, 3.05) is 20.7 Å². The lowest BCUT2D eigenvalue weighted by Gasteiger charge is -2.19. The van der Waals surface area contributed by atoms with E-state index in [1.807, 2.05) is 0 Å². The number of ether oxygens (including phenoxy) is 1. The molecule has 0 aromatic rings. The Morgan fingerprint density at radius 2 is 1.93 bits per heavy atom. The zero-order chi connectivity index (χ0) is 12.0. The van der Waals surface area contributed by atoms with E-state index in [2.05, 4.69) is 4.74 Å². The molecule has 2 amide bonds. The van der Waals surface area contributed by atoms with E-state index >= 15 is 0 Å².